The topological polar surface area (TPSA) is 61.4 Å². The highest BCUT2D eigenvalue weighted by atomic mass is 35.5. The van der Waals surface area contributed by atoms with Gasteiger partial charge in [-0.05, 0) is 27.1 Å². The van der Waals surface area contributed by atoms with Gasteiger partial charge >= 0.3 is 6.03 Å². The third-order valence-corrected chi connectivity index (χ3v) is 1.83. The van der Waals surface area contributed by atoms with E-state index in [9.17, 15) is 9.59 Å². The SMILES string of the molecule is CN(C)CCCNC(=O)NC(=O)CCCl. The van der Waals surface area contributed by atoms with Crippen molar-refractivity contribution in [1.29, 1.82) is 0 Å². The molecule has 0 fully saturated rings. The molecular formula is C9H18ClN3O2. The van der Waals surface area contributed by atoms with Crippen LogP contribution in [-0.4, -0.2) is 49.9 Å². The van der Waals surface area contributed by atoms with Crippen molar-refractivity contribution >= 4 is 23.5 Å². The molecule has 0 aliphatic carbocycles. The predicted octanol–water partition coefficient (Wildman–Crippen LogP) is 0.393. The molecule has 0 radical (unpaired) electrons. The largest absolute Gasteiger partial charge is 0.338 e. The molecule has 3 amide bonds. The number of rotatable bonds is 6. The molecular weight excluding hydrogens is 218 g/mol. The maximum Gasteiger partial charge on any atom is 0.321 e. The summed E-state index contributed by atoms with van der Waals surface area (Å²) in [4.78, 5) is 24.0. The molecule has 0 saturated carbocycles. The highest BCUT2D eigenvalue weighted by molar-refractivity contribution is 6.19. The van der Waals surface area contributed by atoms with Crippen molar-refractivity contribution in [3.05, 3.63) is 0 Å². The molecule has 0 heterocycles. The van der Waals surface area contributed by atoms with Gasteiger partial charge in [0.15, 0.2) is 0 Å². The van der Waals surface area contributed by atoms with E-state index in [0.717, 1.165) is 13.0 Å². The van der Waals surface area contributed by atoms with Crippen LogP contribution in [0.4, 0.5) is 4.79 Å². The van der Waals surface area contributed by atoms with Gasteiger partial charge in [0.25, 0.3) is 0 Å². The first-order valence-corrected chi connectivity index (χ1v) is 5.38. The summed E-state index contributed by atoms with van der Waals surface area (Å²) < 4.78 is 0. The number of imide groups is 1. The van der Waals surface area contributed by atoms with E-state index in [2.05, 4.69) is 10.6 Å². The highest BCUT2D eigenvalue weighted by Crippen LogP contribution is 1.84. The Kier molecular flexibility index (Phi) is 8.04. The lowest BCUT2D eigenvalue weighted by atomic mass is 10.4. The van der Waals surface area contributed by atoms with E-state index < -0.39 is 6.03 Å². The van der Waals surface area contributed by atoms with Crippen molar-refractivity contribution in [3.8, 4) is 0 Å². The van der Waals surface area contributed by atoms with Crippen molar-refractivity contribution in [1.82, 2.24) is 15.5 Å². The second-order valence-corrected chi connectivity index (χ2v) is 3.78. The van der Waals surface area contributed by atoms with Crippen molar-refractivity contribution in [3.63, 3.8) is 0 Å². The monoisotopic (exact) mass is 235 g/mol. The fourth-order valence-corrected chi connectivity index (χ4v) is 1.09. The lowest BCUT2D eigenvalue weighted by Crippen LogP contribution is -2.40. The predicted molar refractivity (Wildman–Crippen MR) is 60.0 cm³/mol. The Morgan fingerprint density at radius 2 is 2.00 bits per heavy atom. The molecule has 2 N–H and O–H groups in total. The van der Waals surface area contributed by atoms with Gasteiger partial charge in [0.05, 0.1) is 0 Å². The third kappa shape index (κ3) is 9.49. The number of amides is 3. The Morgan fingerprint density at radius 3 is 2.53 bits per heavy atom. The van der Waals surface area contributed by atoms with E-state index in [1.54, 1.807) is 0 Å². The maximum absolute atomic E-state index is 11.1. The Morgan fingerprint density at radius 1 is 1.33 bits per heavy atom. The average molecular weight is 236 g/mol. The Hall–Kier alpha value is -0.810. The normalized spacial score (nSPS) is 10.1. The van der Waals surface area contributed by atoms with E-state index in [0.29, 0.717) is 6.54 Å². The van der Waals surface area contributed by atoms with Crippen LogP contribution in [0.3, 0.4) is 0 Å². The maximum atomic E-state index is 11.1. The number of nitrogens with zero attached hydrogens (tertiary/aromatic N) is 1. The number of urea groups is 1. The van der Waals surface area contributed by atoms with E-state index in [4.69, 9.17) is 11.6 Å². The molecule has 0 unspecified atom stereocenters. The van der Waals surface area contributed by atoms with Gasteiger partial charge in [-0.2, -0.15) is 0 Å². The molecule has 0 spiro atoms. The zero-order chi connectivity index (χ0) is 11.7. The van der Waals surface area contributed by atoms with Gasteiger partial charge in [-0.25, -0.2) is 4.79 Å². The van der Waals surface area contributed by atoms with Crippen molar-refractivity contribution < 1.29 is 9.59 Å². The summed E-state index contributed by atoms with van der Waals surface area (Å²) in [6.07, 6.45) is 1.01. The Bertz CT molecular complexity index is 210. The van der Waals surface area contributed by atoms with Crippen molar-refractivity contribution in [2.45, 2.75) is 12.8 Å². The van der Waals surface area contributed by atoms with Gasteiger partial charge in [0.1, 0.15) is 0 Å². The number of alkyl halides is 1. The third-order valence-electron chi connectivity index (χ3n) is 1.64. The van der Waals surface area contributed by atoms with Gasteiger partial charge in [-0.3, -0.25) is 10.1 Å². The van der Waals surface area contributed by atoms with Crippen LogP contribution in [0.1, 0.15) is 12.8 Å². The first-order chi connectivity index (χ1) is 7.06. The summed E-state index contributed by atoms with van der Waals surface area (Å²) in [7, 11) is 3.92. The second kappa shape index (κ2) is 8.49. The molecule has 0 aliphatic rings. The van der Waals surface area contributed by atoms with Crippen molar-refractivity contribution in [2.75, 3.05) is 33.1 Å². The van der Waals surface area contributed by atoms with Crippen LogP contribution in [0.2, 0.25) is 0 Å². The summed E-state index contributed by atoms with van der Waals surface area (Å²) in [6, 6.07) is -0.455. The van der Waals surface area contributed by atoms with Gasteiger partial charge in [-0.15, -0.1) is 11.6 Å². The number of hydrogen-bond donors (Lipinski definition) is 2. The summed E-state index contributed by atoms with van der Waals surface area (Å²) in [5.41, 5.74) is 0. The van der Waals surface area contributed by atoms with Crippen molar-refractivity contribution in [2.24, 2.45) is 0 Å². The molecule has 0 aromatic carbocycles. The molecule has 5 nitrogen and oxygen atoms in total. The van der Waals surface area contributed by atoms with Crippen LogP contribution in [0.15, 0.2) is 0 Å². The quantitative estimate of drug-likeness (QED) is 0.517. The second-order valence-electron chi connectivity index (χ2n) is 3.40. The first-order valence-electron chi connectivity index (χ1n) is 4.84. The molecule has 0 saturated heterocycles. The van der Waals surface area contributed by atoms with Crippen LogP contribution in [0.25, 0.3) is 0 Å². The Labute approximate surface area is 95.1 Å². The number of nitrogens with one attached hydrogen (secondary N) is 2. The smallest absolute Gasteiger partial charge is 0.321 e. The molecule has 6 heteroatoms. The lowest BCUT2D eigenvalue weighted by Gasteiger charge is -2.09. The average Bonchev–Trinajstić information content (AvgIpc) is 2.12. The van der Waals surface area contributed by atoms with E-state index in [-0.39, 0.29) is 18.2 Å². The van der Waals surface area contributed by atoms with Gasteiger partial charge in [0.2, 0.25) is 5.91 Å². The van der Waals surface area contributed by atoms with Crippen LogP contribution < -0.4 is 10.6 Å². The minimum Gasteiger partial charge on any atom is -0.338 e. The fraction of sp³-hybridized carbons (Fsp3) is 0.778. The molecule has 0 bridgehead atoms. The van der Waals surface area contributed by atoms with E-state index in [1.807, 2.05) is 19.0 Å². The highest BCUT2D eigenvalue weighted by Gasteiger charge is 2.05. The minimum atomic E-state index is -0.455. The molecule has 0 atom stereocenters. The summed E-state index contributed by atoms with van der Waals surface area (Å²) in [5, 5.41) is 4.77. The van der Waals surface area contributed by atoms with E-state index >= 15 is 0 Å². The summed E-state index contributed by atoms with van der Waals surface area (Å²) in [6.45, 7) is 1.45. The Balaban J connectivity index is 3.45. The molecule has 0 aromatic heterocycles. The zero-order valence-electron chi connectivity index (χ0n) is 9.18. The number of carbonyl (C=O) groups is 2. The lowest BCUT2D eigenvalue weighted by molar-refractivity contribution is -0.119. The fourth-order valence-electron chi connectivity index (χ4n) is 0.916. The number of halogens is 1. The summed E-state index contributed by atoms with van der Waals surface area (Å²) >= 11 is 5.34. The van der Waals surface area contributed by atoms with Crippen LogP contribution >= 0.6 is 11.6 Å². The summed E-state index contributed by atoms with van der Waals surface area (Å²) in [5.74, 6) is -0.130. The molecule has 15 heavy (non-hydrogen) atoms. The minimum absolute atomic E-state index is 0.159. The molecule has 0 rings (SSSR count). The van der Waals surface area contributed by atoms with Gasteiger partial charge < -0.3 is 10.2 Å². The van der Waals surface area contributed by atoms with Gasteiger partial charge in [-0.1, -0.05) is 0 Å². The van der Waals surface area contributed by atoms with Crippen LogP contribution in [0, 0.1) is 0 Å². The first kappa shape index (κ1) is 14.2. The van der Waals surface area contributed by atoms with Crippen LogP contribution in [0.5, 0.6) is 0 Å². The van der Waals surface area contributed by atoms with Crippen LogP contribution in [-0.2, 0) is 4.79 Å². The molecule has 88 valence electrons. The number of hydrogen-bond acceptors (Lipinski definition) is 3. The van der Waals surface area contributed by atoms with E-state index in [1.165, 1.54) is 0 Å². The molecule has 0 aromatic rings. The number of carbonyl (C=O) groups excluding carboxylic acids is 2. The zero-order valence-corrected chi connectivity index (χ0v) is 9.93. The molecule has 0 aliphatic heterocycles. The van der Waals surface area contributed by atoms with Gasteiger partial charge in [0, 0.05) is 18.8 Å². The standard InChI is InChI=1S/C9H18ClN3O2/c1-13(2)7-3-6-11-9(15)12-8(14)4-5-10/h3-7H2,1-2H3,(H2,11,12,14,15).